The standard InChI is InChI=1S/C24H28FN3O4S/c1-2-23(29)28-21-11-10-20(33(31,32)27-12-4-3-5-13-27)14-18(21)15-22(28)24(30)26-16-17-6-8-19(25)9-7-17/h6-11,14,22H,2-5,12-13,15-16H2,1H3,(H,26,30). The van der Waals surface area contributed by atoms with Crippen LogP contribution in [0.2, 0.25) is 0 Å². The maximum Gasteiger partial charge on any atom is 0.243 e. The molecule has 2 amide bonds. The van der Waals surface area contributed by atoms with Crippen LogP contribution in [0.5, 0.6) is 0 Å². The van der Waals surface area contributed by atoms with Crippen LogP contribution in [0, 0.1) is 5.82 Å². The van der Waals surface area contributed by atoms with Gasteiger partial charge in [0.1, 0.15) is 11.9 Å². The average Bonchev–Trinajstić information content (AvgIpc) is 3.22. The monoisotopic (exact) mass is 473 g/mol. The van der Waals surface area contributed by atoms with Crippen molar-refractivity contribution in [3.63, 3.8) is 0 Å². The van der Waals surface area contributed by atoms with E-state index in [1.165, 1.54) is 27.4 Å². The molecule has 1 fully saturated rings. The minimum atomic E-state index is -3.62. The number of hydrogen-bond donors (Lipinski definition) is 1. The third-order valence-corrected chi connectivity index (χ3v) is 8.14. The van der Waals surface area contributed by atoms with Crippen LogP contribution in [-0.2, 0) is 32.6 Å². The summed E-state index contributed by atoms with van der Waals surface area (Å²) in [5.41, 5.74) is 1.97. The molecule has 1 atom stereocenters. The molecule has 2 aliphatic rings. The molecule has 0 aliphatic carbocycles. The molecular weight excluding hydrogens is 445 g/mol. The highest BCUT2D eigenvalue weighted by molar-refractivity contribution is 7.89. The lowest BCUT2D eigenvalue weighted by Crippen LogP contribution is -2.47. The van der Waals surface area contributed by atoms with Crippen LogP contribution in [0.25, 0.3) is 0 Å². The lowest BCUT2D eigenvalue weighted by Gasteiger charge is -2.26. The first kappa shape index (κ1) is 23.4. The Morgan fingerprint density at radius 2 is 1.76 bits per heavy atom. The third-order valence-electron chi connectivity index (χ3n) is 6.24. The second-order valence-corrected chi connectivity index (χ2v) is 10.4. The zero-order valence-corrected chi connectivity index (χ0v) is 19.4. The minimum absolute atomic E-state index is 0.194. The van der Waals surface area contributed by atoms with Crippen LogP contribution < -0.4 is 10.2 Å². The van der Waals surface area contributed by atoms with Crippen molar-refractivity contribution >= 4 is 27.5 Å². The summed E-state index contributed by atoms with van der Waals surface area (Å²) in [6.07, 6.45) is 3.17. The number of carbonyl (C=O) groups is 2. The summed E-state index contributed by atoms with van der Waals surface area (Å²) >= 11 is 0. The Kier molecular flexibility index (Phi) is 6.81. The normalized spacial score (nSPS) is 18.7. The van der Waals surface area contributed by atoms with Gasteiger partial charge in [-0.05, 0) is 54.3 Å². The summed E-state index contributed by atoms with van der Waals surface area (Å²) in [5, 5.41) is 2.82. The minimum Gasteiger partial charge on any atom is -0.350 e. The van der Waals surface area contributed by atoms with Crippen molar-refractivity contribution in [2.75, 3.05) is 18.0 Å². The van der Waals surface area contributed by atoms with E-state index >= 15 is 0 Å². The Morgan fingerprint density at radius 3 is 2.42 bits per heavy atom. The van der Waals surface area contributed by atoms with Crippen molar-refractivity contribution in [1.82, 2.24) is 9.62 Å². The zero-order valence-electron chi connectivity index (χ0n) is 18.6. The fraction of sp³-hybridized carbons (Fsp3) is 0.417. The van der Waals surface area contributed by atoms with Crippen molar-refractivity contribution in [2.45, 2.75) is 56.5 Å². The lowest BCUT2D eigenvalue weighted by atomic mass is 10.1. The highest BCUT2D eigenvalue weighted by atomic mass is 32.2. The van der Waals surface area contributed by atoms with Gasteiger partial charge >= 0.3 is 0 Å². The van der Waals surface area contributed by atoms with Gasteiger partial charge in [-0.25, -0.2) is 12.8 Å². The first-order valence-corrected chi connectivity index (χ1v) is 12.7. The first-order valence-electron chi connectivity index (χ1n) is 11.3. The van der Waals surface area contributed by atoms with Gasteiger partial charge in [-0.1, -0.05) is 25.5 Å². The second kappa shape index (κ2) is 9.61. The number of anilines is 1. The van der Waals surface area contributed by atoms with Gasteiger partial charge in [0.2, 0.25) is 21.8 Å². The van der Waals surface area contributed by atoms with Crippen molar-refractivity contribution in [3.8, 4) is 0 Å². The highest BCUT2D eigenvalue weighted by Crippen LogP contribution is 2.35. The van der Waals surface area contributed by atoms with Crippen molar-refractivity contribution in [1.29, 1.82) is 0 Å². The molecule has 176 valence electrons. The number of carbonyl (C=O) groups excluding carboxylic acids is 2. The van der Waals surface area contributed by atoms with Crippen LogP contribution in [0.4, 0.5) is 10.1 Å². The molecule has 1 N–H and O–H groups in total. The molecule has 0 aromatic heterocycles. The number of nitrogens with zero attached hydrogens (tertiary/aromatic N) is 2. The van der Waals surface area contributed by atoms with Crippen LogP contribution in [0.1, 0.15) is 43.7 Å². The number of hydrogen-bond acceptors (Lipinski definition) is 4. The number of fused-ring (bicyclic) bond motifs is 1. The highest BCUT2D eigenvalue weighted by Gasteiger charge is 2.38. The van der Waals surface area contributed by atoms with Gasteiger partial charge in [0.05, 0.1) is 4.90 Å². The topological polar surface area (TPSA) is 86.8 Å². The molecular formula is C24H28FN3O4S. The van der Waals surface area contributed by atoms with E-state index in [4.69, 9.17) is 0 Å². The number of nitrogens with one attached hydrogen (secondary N) is 1. The van der Waals surface area contributed by atoms with E-state index in [2.05, 4.69) is 5.32 Å². The lowest BCUT2D eigenvalue weighted by molar-refractivity contribution is -0.126. The summed E-state index contributed by atoms with van der Waals surface area (Å²) in [4.78, 5) is 27.4. The predicted octanol–water partition coefficient (Wildman–Crippen LogP) is 2.98. The molecule has 0 spiro atoms. The molecule has 0 saturated carbocycles. The molecule has 2 aromatic carbocycles. The third kappa shape index (κ3) is 4.79. The van der Waals surface area contributed by atoms with Crippen molar-refractivity contribution in [2.24, 2.45) is 0 Å². The molecule has 2 heterocycles. The van der Waals surface area contributed by atoms with E-state index in [0.29, 0.717) is 24.3 Å². The average molecular weight is 474 g/mol. The fourth-order valence-corrected chi connectivity index (χ4v) is 6.01. The number of piperidine rings is 1. The largest absolute Gasteiger partial charge is 0.350 e. The Labute approximate surface area is 193 Å². The molecule has 2 aliphatic heterocycles. The number of benzene rings is 2. The predicted molar refractivity (Wildman–Crippen MR) is 123 cm³/mol. The Hall–Kier alpha value is -2.78. The molecule has 1 unspecified atom stereocenters. The second-order valence-electron chi connectivity index (χ2n) is 8.44. The Bertz CT molecular complexity index is 1140. The molecule has 9 heteroatoms. The van der Waals surface area contributed by atoms with E-state index in [1.54, 1.807) is 31.2 Å². The van der Waals surface area contributed by atoms with E-state index < -0.39 is 16.1 Å². The molecule has 7 nitrogen and oxygen atoms in total. The van der Waals surface area contributed by atoms with Crippen LogP contribution in [0.3, 0.4) is 0 Å². The van der Waals surface area contributed by atoms with E-state index in [9.17, 15) is 22.4 Å². The Morgan fingerprint density at radius 1 is 1.06 bits per heavy atom. The summed E-state index contributed by atoms with van der Waals surface area (Å²) in [5.74, 6) is -0.897. The van der Waals surface area contributed by atoms with Crippen LogP contribution in [-0.4, -0.2) is 43.7 Å². The van der Waals surface area contributed by atoms with Crippen LogP contribution >= 0.6 is 0 Å². The first-order chi connectivity index (χ1) is 15.8. The number of halogens is 1. The Balaban J connectivity index is 1.56. The maximum absolute atomic E-state index is 13.1. The molecule has 0 radical (unpaired) electrons. The smallest absolute Gasteiger partial charge is 0.243 e. The molecule has 2 aromatic rings. The van der Waals surface area contributed by atoms with Gasteiger partial charge in [-0.3, -0.25) is 14.5 Å². The van der Waals surface area contributed by atoms with E-state index in [0.717, 1.165) is 24.8 Å². The summed E-state index contributed by atoms with van der Waals surface area (Å²) < 4.78 is 40.8. The van der Waals surface area contributed by atoms with Gasteiger partial charge in [-0.15, -0.1) is 0 Å². The molecule has 4 rings (SSSR count). The SMILES string of the molecule is CCC(=O)N1c2ccc(S(=O)(=O)N3CCCCC3)cc2CC1C(=O)NCc1ccc(F)cc1. The number of sulfonamides is 1. The summed E-state index contributed by atoms with van der Waals surface area (Å²) in [6, 6.07) is 9.82. The van der Waals surface area contributed by atoms with E-state index in [-0.39, 0.29) is 41.9 Å². The van der Waals surface area contributed by atoms with Crippen molar-refractivity contribution in [3.05, 3.63) is 59.4 Å². The zero-order chi connectivity index (χ0) is 23.6. The summed E-state index contributed by atoms with van der Waals surface area (Å²) in [6.45, 7) is 2.94. The van der Waals surface area contributed by atoms with Gasteiger partial charge < -0.3 is 5.32 Å². The van der Waals surface area contributed by atoms with Gasteiger partial charge in [0.15, 0.2) is 0 Å². The van der Waals surface area contributed by atoms with Gasteiger partial charge in [0.25, 0.3) is 0 Å². The van der Waals surface area contributed by atoms with E-state index in [1.807, 2.05) is 0 Å². The fourth-order valence-electron chi connectivity index (χ4n) is 4.44. The summed E-state index contributed by atoms with van der Waals surface area (Å²) in [7, 11) is -3.62. The molecule has 0 bridgehead atoms. The molecule has 1 saturated heterocycles. The van der Waals surface area contributed by atoms with Gasteiger partial charge in [0, 0.05) is 38.2 Å². The quantitative estimate of drug-likeness (QED) is 0.699. The molecule has 33 heavy (non-hydrogen) atoms. The number of amides is 2. The maximum atomic E-state index is 13.1. The van der Waals surface area contributed by atoms with Gasteiger partial charge in [-0.2, -0.15) is 4.31 Å². The van der Waals surface area contributed by atoms with Crippen molar-refractivity contribution < 1.29 is 22.4 Å². The number of rotatable bonds is 6. The van der Waals surface area contributed by atoms with Crippen LogP contribution in [0.15, 0.2) is 47.4 Å².